The van der Waals surface area contributed by atoms with Crippen molar-refractivity contribution in [2.24, 2.45) is 5.92 Å². The smallest absolute Gasteiger partial charge is 0.344 e. The molecule has 0 N–H and O–H groups in total. The Morgan fingerprint density at radius 3 is 2.52 bits per heavy atom. The number of benzene rings is 1. The fraction of sp³-hybridized carbons (Fsp3) is 0.500. The van der Waals surface area contributed by atoms with E-state index in [2.05, 4.69) is 4.90 Å². The molecular weight excluding hydrogens is 316 g/mol. The number of rotatable bonds is 3. The molecule has 25 heavy (non-hydrogen) atoms. The predicted molar refractivity (Wildman–Crippen MR) is 94.8 cm³/mol. The lowest BCUT2D eigenvalue weighted by molar-refractivity contribution is -0.0457. The topological polar surface area (TPSA) is 51.5 Å². The van der Waals surface area contributed by atoms with Crippen molar-refractivity contribution in [3.05, 3.63) is 46.2 Å². The molecule has 4 heterocycles. The lowest BCUT2D eigenvalue weighted by atomic mass is 9.86. The molecule has 1 aromatic heterocycles. The van der Waals surface area contributed by atoms with E-state index in [1.807, 2.05) is 24.3 Å². The maximum atomic E-state index is 13.0. The first-order chi connectivity index (χ1) is 12.2. The van der Waals surface area contributed by atoms with Gasteiger partial charge < -0.3 is 9.30 Å². The van der Waals surface area contributed by atoms with Crippen molar-refractivity contribution >= 4 is 16.9 Å². The van der Waals surface area contributed by atoms with E-state index >= 15 is 0 Å². The van der Waals surface area contributed by atoms with Crippen LogP contribution < -0.4 is 5.56 Å². The predicted octanol–water partition coefficient (Wildman–Crippen LogP) is 2.59. The first-order valence-electron chi connectivity index (χ1n) is 9.28. The Bertz CT molecular complexity index is 891. The zero-order chi connectivity index (χ0) is 17.0. The highest BCUT2D eigenvalue weighted by Crippen LogP contribution is 2.36. The number of hydrogen-bond donors (Lipinski definition) is 0. The Morgan fingerprint density at radius 1 is 1.08 bits per heavy atom. The van der Waals surface area contributed by atoms with E-state index in [1.165, 1.54) is 0 Å². The van der Waals surface area contributed by atoms with Gasteiger partial charge in [-0.3, -0.25) is 9.69 Å². The minimum atomic E-state index is -0.455. The maximum Gasteiger partial charge on any atom is 0.344 e. The number of carbonyl (C=O) groups is 1. The molecule has 4 aliphatic rings. The molecule has 5 nitrogen and oxygen atoms in total. The van der Waals surface area contributed by atoms with Gasteiger partial charge >= 0.3 is 5.97 Å². The molecule has 1 atom stereocenters. The fourth-order valence-corrected chi connectivity index (χ4v) is 4.37. The summed E-state index contributed by atoms with van der Waals surface area (Å²) in [7, 11) is 0. The molecular formula is C20H22N2O3. The van der Waals surface area contributed by atoms with Gasteiger partial charge in [0.25, 0.3) is 5.56 Å². The zero-order valence-corrected chi connectivity index (χ0v) is 14.2. The van der Waals surface area contributed by atoms with Crippen LogP contribution in [0.5, 0.6) is 0 Å². The Kier molecular flexibility index (Phi) is 3.45. The van der Waals surface area contributed by atoms with Crippen molar-refractivity contribution in [3.8, 4) is 0 Å². The van der Waals surface area contributed by atoms with Crippen LogP contribution in [0.2, 0.25) is 0 Å². The average Bonchev–Trinajstić information content (AvgIpc) is 3.47. The molecule has 130 valence electrons. The highest BCUT2D eigenvalue weighted by molar-refractivity contribution is 5.94. The highest BCUT2D eigenvalue weighted by Gasteiger charge is 2.37. The van der Waals surface area contributed by atoms with E-state index < -0.39 is 5.97 Å². The molecule has 2 bridgehead atoms. The Morgan fingerprint density at radius 2 is 1.84 bits per heavy atom. The molecule has 0 spiro atoms. The summed E-state index contributed by atoms with van der Waals surface area (Å²) in [5.74, 6) is -0.0102. The molecule has 1 unspecified atom stereocenters. The highest BCUT2D eigenvalue weighted by atomic mass is 16.5. The third-order valence-electron chi connectivity index (χ3n) is 5.93. The third kappa shape index (κ3) is 2.58. The Balaban J connectivity index is 1.51. The largest absolute Gasteiger partial charge is 0.457 e. The van der Waals surface area contributed by atoms with Crippen LogP contribution in [0.1, 0.15) is 42.1 Å². The number of esters is 1. The van der Waals surface area contributed by atoms with E-state index in [4.69, 9.17) is 4.74 Å². The van der Waals surface area contributed by atoms with Gasteiger partial charge in [-0.2, -0.15) is 0 Å². The first-order valence-corrected chi connectivity index (χ1v) is 9.28. The monoisotopic (exact) mass is 338 g/mol. The van der Waals surface area contributed by atoms with Gasteiger partial charge in [0.05, 0.1) is 5.52 Å². The summed E-state index contributed by atoms with van der Waals surface area (Å²) < 4.78 is 7.60. The molecule has 1 aliphatic carbocycles. The average molecular weight is 338 g/mol. The number of pyridine rings is 1. The Hall–Kier alpha value is -2.14. The minimum absolute atomic E-state index is 0.0738. The number of aromatic nitrogens is 1. The number of para-hydroxylation sites is 1. The minimum Gasteiger partial charge on any atom is -0.457 e. The SMILES string of the molecule is O=C(OC1CN2CCC1CC2)c1cc2ccccc2n(C2CC2)c1=O. The van der Waals surface area contributed by atoms with Crippen LogP contribution in [0.25, 0.3) is 10.9 Å². The number of nitrogens with zero attached hydrogens (tertiary/aromatic N) is 2. The molecule has 4 fully saturated rings. The van der Waals surface area contributed by atoms with Gasteiger partial charge in [0.15, 0.2) is 0 Å². The summed E-state index contributed by atoms with van der Waals surface area (Å²) in [4.78, 5) is 28.1. The van der Waals surface area contributed by atoms with Crippen LogP contribution in [0.3, 0.4) is 0 Å². The molecule has 0 radical (unpaired) electrons. The van der Waals surface area contributed by atoms with E-state index in [0.717, 1.165) is 56.2 Å². The van der Waals surface area contributed by atoms with E-state index in [-0.39, 0.29) is 23.3 Å². The van der Waals surface area contributed by atoms with Gasteiger partial charge in [0.2, 0.25) is 0 Å². The molecule has 5 heteroatoms. The third-order valence-corrected chi connectivity index (χ3v) is 5.93. The summed E-state index contributed by atoms with van der Waals surface area (Å²) in [6.45, 7) is 3.01. The quantitative estimate of drug-likeness (QED) is 0.807. The normalized spacial score (nSPS) is 28.2. The lowest BCUT2D eigenvalue weighted by Crippen LogP contribution is -2.52. The summed E-state index contributed by atoms with van der Waals surface area (Å²) >= 11 is 0. The number of piperidine rings is 3. The van der Waals surface area contributed by atoms with Crippen molar-refractivity contribution in [1.29, 1.82) is 0 Å². The van der Waals surface area contributed by atoms with Gasteiger partial charge in [-0.15, -0.1) is 0 Å². The van der Waals surface area contributed by atoms with Gasteiger partial charge in [-0.05, 0) is 62.2 Å². The number of carbonyl (C=O) groups excluding carboxylic acids is 1. The molecule has 2 aromatic rings. The van der Waals surface area contributed by atoms with Gasteiger partial charge in [-0.25, -0.2) is 4.79 Å². The summed E-state index contributed by atoms with van der Waals surface area (Å²) in [6, 6.07) is 9.72. The van der Waals surface area contributed by atoms with Gasteiger partial charge in [-0.1, -0.05) is 18.2 Å². The van der Waals surface area contributed by atoms with Crippen LogP contribution in [0.15, 0.2) is 35.1 Å². The van der Waals surface area contributed by atoms with Gasteiger partial charge in [0, 0.05) is 12.6 Å². The van der Waals surface area contributed by atoms with Crippen LogP contribution in [0.4, 0.5) is 0 Å². The van der Waals surface area contributed by atoms with E-state index in [0.29, 0.717) is 5.92 Å². The first kappa shape index (κ1) is 15.1. The number of fused-ring (bicyclic) bond motifs is 4. The second-order valence-electron chi connectivity index (χ2n) is 7.60. The van der Waals surface area contributed by atoms with Crippen LogP contribution in [0, 0.1) is 5.92 Å². The standard InChI is InChI=1S/C20H22N2O3/c23-19-16(20(24)25-18-12-21-9-7-13(18)8-10-21)11-14-3-1-2-4-17(14)22(19)15-5-6-15/h1-4,11,13,15,18H,5-10,12H2. The van der Waals surface area contributed by atoms with Crippen LogP contribution in [-0.4, -0.2) is 41.2 Å². The summed E-state index contributed by atoms with van der Waals surface area (Å²) in [5, 5.41) is 0.926. The van der Waals surface area contributed by atoms with Crippen LogP contribution >= 0.6 is 0 Å². The van der Waals surface area contributed by atoms with Crippen molar-refractivity contribution in [3.63, 3.8) is 0 Å². The molecule has 3 saturated heterocycles. The zero-order valence-electron chi connectivity index (χ0n) is 14.2. The molecule has 1 saturated carbocycles. The van der Waals surface area contributed by atoms with Crippen molar-refractivity contribution in [2.45, 2.75) is 37.8 Å². The second-order valence-corrected chi connectivity index (χ2v) is 7.60. The fourth-order valence-electron chi connectivity index (χ4n) is 4.37. The molecule has 0 amide bonds. The van der Waals surface area contributed by atoms with Gasteiger partial charge in [0.1, 0.15) is 11.7 Å². The second kappa shape index (κ2) is 5.70. The van der Waals surface area contributed by atoms with E-state index in [1.54, 1.807) is 10.6 Å². The summed E-state index contributed by atoms with van der Waals surface area (Å²) in [6.07, 6.45) is 4.10. The van der Waals surface area contributed by atoms with Crippen molar-refractivity contribution in [1.82, 2.24) is 9.47 Å². The Labute approximate surface area is 146 Å². The lowest BCUT2D eigenvalue weighted by Gasteiger charge is -2.43. The van der Waals surface area contributed by atoms with Crippen molar-refractivity contribution in [2.75, 3.05) is 19.6 Å². The number of ether oxygens (including phenoxy) is 1. The molecule has 6 rings (SSSR count). The summed E-state index contributed by atoms with van der Waals surface area (Å²) in [5.41, 5.74) is 0.893. The van der Waals surface area contributed by atoms with Crippen molar-refractivity contribution < 1.29 is 9.53 Å². The molecule has 3 aliphatic heterocycles. The van der Waals surface area contributed by atoms with Crippen LogP contribution in [-0.2, 0) is 4.74 Å². The molecule has 1 aromatic carbocycles. The maximum absolute atomic E-state index is 13.0. The number of hydrogen-bond acceptors (Lipinski definition) is 4. The van der Waals surface area contributed by atoms with E-state index in [9.17, 15) is 9.59 Å².